The number of nitrogens with zero attached hydrogens (tertiary/aromatic N) is 1. The molecule has 0 fully saturated rings. The van der Waals surface area contributed by atoms with Gasteiger partial charge in [0.1, 0.15) is 10.5 Å². The van der Waals surface area contributed by atoms with Crippen LogP contribution < -0.4 is 9.44 Å². The lowest BCUT2D eigenvalue weighted by molar-refractivity contribution is 0.484. The molecule has 0 bridgehead atoms. The fourth-order valence-electron chi connectivity index (χ4n) is 2.56. The average Bonchev–Trinajstić information content (AvgIpc) is 3.33. The van der Waals surface area contributed by atoms with Gasteiger partial charge in [0.05, 0.1) is 17.6 Å². The highest BCUT2D eigenvalue weighted by Crippen LogP contribution is 2.31. The number of hydrogen-bond acceptors (Lipinski definition) is 6. The fourth-order valence-corrected chi connectivity index (χ4v) is 4.76. The SMILES string of the molecule is O=S(=O)(Nc1ccc(Cl)cc1NS(=O)(=O)c1cc2ccccc2o1)c1cn[nH]c1. The van der Waals surface area contributed by atoms with Crippen LogP contribution >= 0.6 is 11.6 Å². The Morgan fingerprint density at radius 3 is 2.41 bits per heavy atom. The largest absolute Gasteiger partial charge is 0.443 e. The van der Waals surface area contributed by atoms with E-state index in [1.165, 1.54) is 30.5 Å². The molecule has 2 aromatic heterocycles. The van der Waals surface area contributed by atoms with Crippen molar-refractivity contribution >= 4 is 54.0 Å². The maximum absolute atomic E-state index is 12.8. The number of furan rings is 1. The molecule has 4 rings (SSSR count). The second-order valence-corrected chi connectivity index (χ2v) is 9.67. The molecule has 3 N–H and O–H groups in total. The molecule has 4 aromatic rings. The Balaban J connectivity index is 1.70. The minimum absolute atomic E-state index is 0.0183. The van der Waals surface area contributed by atoms with E-state index in [2.05, 4.69) is 19.6 Å². The molecule has 29 heavy (non-hydrogen) atoms. The molecule has 150 valence electrons. The number of fused-ring (bicyclic) bond motifs is 1. The lowest BCUT2D eigenvalue weighted by Gasteiger charge is -2.13. The molecule has 12 heteroatoms. The third-order valence-corrected chi connectivity index (χ3v) is 6.71. The van der Waals surface area contributed by atoms with Crippen molar-refractivity contribution < 1.29 is 21.3 Å². The number of nitrogens with one attached hydrogen (secondary N) is 3. The molecule has 0 atom stereocenters. The molecular formula is C17H13ClN4O5S2. The predicted octanol–water partition coefficient (Wildman–Crippen LogP) is 3.41. The van der Waals surface area contributed by atoms with Gasteiger partial charge in [-0.05, 0) is 24.3 Å². The van der Waals surface area contributed by atoms with E-state index in [1.807, 2.05) is 0 Å². The molecule has 0 unspecified atom stereocenters. The molecule has 0 saturated carbocycles. The third-order valence-electron chi connectivity index (χ3n) is 3.92. The van der Waals surface area contributed by atoms with Crippen LogP contribution in [0.3, 0.4) is 0 Å². The van der Waals surface area contributed by atoms with Gasteiger partial charge in [0, 0.05) is 22.7 Å². The second-order valence-electron chi connectivity index (χ2n) is 5.94. The van der Waals surface area contributed by atoms with Gasteiger partial charge in [0.25, 0.3) is 20.0 Å². The summed E-state index contributed by atoms with van der Waals surface area (Å²) in [6.45, 7) is 0. The maximum atomic E-state index is 12.8. The number of hydrogen-bond donors (Lipinski definition) is 3. The molecule has 0 radical (unpaired) electrons. The van der Waals surface area contributed by atoms with E-state index in [-0.39, 0.29) is 26.4 Å². The standard InChI is InChI=1S/C17H13ClN4O5S2/c18-12-5-6-14(21-28(23,24)13-9-19-20-10-13)15(8-12)22-29(25,26)17-7-11-3-1-2-4-16(11)27-17/h1-10,21-22H,(H,19,20). The molecule has 0 aliphatic heterocycles. The van der Waals surface area contributed by atoms with E-state index in [1.54, 1.807) is 24.3 Å². The van der Waals surface area contributed by atoms with Gasteiger partial charge >= 0.3 is 0 Å². The zero-order chi connectivity index (χ0) is 20.6. The smallest absolute Gasteiger partial charge is 0.295 e. The third kappa shape index (κ3) is 3.92. The number of halogens is 1. The van der Waals surface area contributed by atoms with Crippen LogP contribution in [0.5, 0.6) is 0 Å². The average molecular weight is 453 g/mol. The minimum Gasteiger partial charge on any atom is -0.443 e. The molecule has 0 saturated heterocycles. The molecule has 0 aliphatic rings. The van der Waals surface area contributed by atoms with Crippen molar-refractivity contribution in [1.29, 1.82) is 0 Å². The highest BCUT2D eigenvalue weighted by Gasteiger charge is 2.23. The monoisotopic (exact) mass is 452 g/mol. The Morgan fingerprint density at radius 2 is 1.69 bits per heavy atom. The van der Waals surface area contributed by atoms with E-state index >= 15 is 0 Å². The number of para-hydroxylation sites is 1. The number of benzene rings is 2. The van der Waals surface area contributed by atoms with E-state index in [4.69, 9.17) is 16.0 Å². The number of sulfonamides is 2. The summed E-state index contributed by atoms with van der Waals surface area (Å²) < 4.78 is 60.5. The molecule has 2 heterocycles. The predicted molar refractivity (Wildman–Crippen MR) is 108 cm³/mol. The Morgan fingerprint density at radius 1 is 0.931 bits per heavy atom. The summed E-state index contributed by atoms with van der Waals surface area (Å²) in [6.07, 6.45) is 2.31. The quantitative estimate of drug-likeness (QED) is 0.410. The molecule has 9 nitrogen and oxygen atoms in total. The van der Waals surface area contributed by atoms with Gasteiger partial charge in [-0.2, -0.15) is 13.5 Å². The zero-order valence-corrected chi connectivity index (χ0v) is 16.8. The van der Waals surface area contributed by atoms with Crippen LogP contribution in [0.2, 0.25) is 5.02 Å². The summed E-state index contributed by atoms with van der Waals surface area (Å²) in [6, 6.07) is 12.2. The van der Waals surface area contributed by atoms with Crippen molar-refractivity contribution in [3.63, 3.8) is 0 Å². The number of rotatable bonds is 6. The van der Waals surface area contributed by atoms with Crippen LogP contribution in [0.15, 0.2) is 75.3 Å². The van der Waals surface area contributed by atoms with Crippen molar-refractivity contribution in [3.8, 4) is 0 Å². The van der Waals surface area contributed by atoms with E-state index in [9.17, 15) is 16.8 Å². The second kappa shape index (κ2) is 7.10. The first-order chi connectivity index (χ1) is 13.7. The van der Waals surface area contributed by atoms with E-state index in [0.717, 1.165) is 6.20 Å². The Hall–Kier alpha value is -3.02. The first kappa shape index (κ1) is 19.3. The van der Waals surface area contributed by atoms with Crippen LogP contribution in [0, 0.1) is 0 Å². The topological polar surface area (TPSA) is 134 Å². The minimum atomic E-state index is -4.15. The highest BCUT2D eigenvalue weighted by atomic mass is 35.5. The van der Waals surface area contributed by atoms with Gasteiger partial charge in [0.15, 0.2) is 0 Å². The summed E-state index contributed by atoms with van der Waals surface area (Å²) in [5, 5.41) is 6.50. The molecule has 2 aromatic carbocycles. The zero-order valence-electron chi connectivity index (χ0n) is 14.5. The molecule has 0 amide bonds. The van der Waals surface area contributed by atoms with Gasteiger partial charge in [-0.25, -0.2) is 8.42 Å². The fraction of sp³-hybridized carbons (Fsp3) is 0. The van der Waals surface area contributed by atoms with Crippen LogP contribution in [0.25, 0.3) is 11.0 Å². The molecular weight excluding hydrogens is 440 g/mol. The van der Waals surface area contributed by atoms with Crippen molar-refractivity contribution in [2.24, 2.45) is 0 Å². The van der Waals surface area contributed by atoms with Crippen molar-refractivity contribution in [2.75, 3.05) is 9.44 Å². The Kier molecular flexibility index (Phi) is 4.73. The van der Waals surface area contributed by atoms with Crippen molar-refractivity contribution in [2.45, 2.75) is 9.99 Å². The lowest BCUT2D eigenvalue weighted by Crippen LogP contribution is -2.17. The normalized spacial score (nSPS) is 12.2. The van der Waals surface area contributed by atoms with Gasteiger partial charge < -0.3 is 4.42 Å². The van der Waals surface area contributed by atoms with Crippen LogP contribution in [-0.2, 0) is 20.0 Å². The van der Waals surface area contributed by atoms with E-state index in [0.29, 0.717) is 11.0 Å². The van der Waals surface area contributed by atoms with Gasteiger partial charge in [-0.3, -0.25) is 14.5 Å². The highest BCUT2D eigenvalue weighted by molar-refractivity contribution is 7.93. The summed E-state index contributed by atoms with van der Waals surface area (Å²) >= 11 is 5.98. The number of H-pyrrole nitrogens is 1. The molecule has 0 spiro atoms. The summed E-state index contributed by atoms with van der Waals surface area (Å²) in [5.74, 6) is 0. The number of aromatic amines is 1. The van der Waals surface area contributed by atoms with Gasteiger partial charge in [-0.1, -0.05) is 29.8 Å². The lowest BCUT2D eigenvalue weighted by atomic mass is 10.3. The van der Waals surface area contributed by atoms with Gasteiger partial charge in [0.2, 0.25) is 5.09 Å². The summed E-state index contributed by atoms with van der Waals surface area (Å²) in [7, 11) is -8.14. The van der Waals surface area contributed by atoms with E-state index < -0.39 is 20.0 Å². The van der Waals surface area contributed by atoms with Crippen molar-refractivity contribution in [3.05, 3.63) is 65.9 Å². The van der Waals surface area contributed by atoms with Gasteiger partial charge in [-0.15, -0.1) is 0 Å². The Bertz CT molecular complexity index is 1360. The Labute approximate surface area is 170 Å². The first-order valence-electron chi connectivity index (χ1n) is 8.07. The van der Waals surface area contributed by atoms with Crippen LogP contribution in [0.4, 0.5) is 11.4 Å². The summed E-state index contributed by atoms with van der Waals surface area (Å²) in [5.41, 5.74) is 0.320. The summed E-state index contributed by atoms with van der Waals surface area (Å²) in [4.78, 5) is -0.112. The first-order valence-corrected chi connectivity index (χ1v) is 11.4. The number of anilines is 2. The van der Waals surface area contributed by atoms with Crippen molar-refractivity contribution in [1.82, 2.24) is 10.2 Å². The number of aromatic nitrogens is 2. The maximum Gasteiger partial charge on any atom is 0.295 e. The van der Waals surface area contributed by atoms with Crippen LogP contribution in [-0.4, -0.2) is 27.0 Å². The van der Waals surface area contributed by atoms with Crippen LogP contribution in [0.1, 0.15) is 0 Å². The molecule has 0 aliphatic carbocycles.